The van der Waals surface area contributed by atoms with Crippen molar-refractivity contribution in [1.82, 2.24) is 0 Å². The van der Waals surface area contributed by atoms with Gasteiger partial charge in [0.15, 0.2) is 17.3 Å². The molecule has 0 aromatic heterocycles. The third kappa shape index (κ3) is 4.07. The van der Waals surface area contributed by atoms with Gasteiger partial charge in [0.2, 0.25) is 0 Å². The summed E-state index contributed by atoms with van der Waals surface area (Å²) in [7, 11) is 3.14. The number of ketones is 1. The number of unbranched alkanes of at least 4 members (excludes halogenated alkanes) is 1. The fourth-order valence-corrected chi connectivity index (χ4v) is 4.21. The molecular formula is C23H29NO5. The number of para-hydroxylation sites is 1. The average molecular weight is 399 g/mol. The molecule has 29 heavy (non-hydrogen) atoms. The molecule has 6 nitrogen and oxygen atoms in total. The quantitative estimate of drug-likeness (QED) is 0.507. The number of rotatable bonds is 7. The van der Waals surface area contributed by atoms with Crippen molar-refractivity contribution in [2.24, 2.45) is 10.9 Å². The van der Waals surface area contributed by atoms with Crippen LogP contribution in [0.2, 0.25) is 0 Å². The van der Waals surface area contributed by atoms with E-state index in [0.29, 0.717) is 35.8 Å². The maximum Gasteiger partial charge on any atom is 0.315 e. The van der Waals surface area contributed by atoms with Gasteiger partial charge < -0.3 is 14.2 Å². The minimum Gasteiger partial charge on any atom is -0.493 e. The van der Waals surface area contributed by atoms with Gasteiger partial charge in [0.25, 0.3) is 0 Å². The molecule has 156 valence electrons. The lowest BCUT2D eigenvalue weighted by atomic mass is 9.71. The van der Waals surface area contributed by atoms with E-state index in [1.165, 1.54) is 0 Å². The van der Waals surface area contributed by atoms with Crippen LogP contribution in [0.5, 0.6) is 11.5 Å². The number of hydrogen-bond acceptors (Lipinski definition) is 6. The van der Waals surface area contributed by atoms with Gasteiger partial charge in [-0.15, -0.1) is 0 Å². The number of nitrogens with zero attached hydrogens (tertiary/aromatic N) is 1. The molecule has 0 amide bonds. The number of aliphatic imine (C=N–C) groups is 1. The van der Waals surface area contributed by atoms with Gasteiger partial charge in [-0.3, -0.25) is 14.6 Å². The van der Waals surface area contributed by atoms with E-state index >= 15 is 0 Å². The molecule has 1 aromatic carbocycles. The Bertz CT molecular complexity index is 855. The Morgan fingerprint density at radius 3 is 2.69 bits per heavy atom. The van der Waals surface area contributed by atoms with Crippen LogP contribution in [0.4, 0.5) is 0 Å². The van der Waals surface area contributed by atoms with E-state index in [1.807, 2.05) is 26.0 Å². The number of esters is 1. The van der Waals surface area contributed by atoms with Crippen LogP contribution in [-0.4, -0.2) is 38.3 Å². The summed E-state index contributed by atoms with van der Waals surface area (Å²) < 4.78 is 16.7. The van der Waals surface area contributed by atoms with Gasteiger partial charge in [0.1, 0.15) is 5.92 Å². The van der Waals surface area contributed by atoms with Crippen molar-refractivity contribution in [1.29, 1.82) is 0 Å². The fourth-order valence-electron chi connectivity index (χ4n) is 4.21. The van der Waals surface area contributed by atoms with E-state index in [2.05, 4.69) is 4.99 Å². The van der Waals surface area contributed by atoms with E-state index in [-0.39, 0.29) is 11.8 Å². The van der Waals surface area contributed by atoms with E-state index < -0.39 is 11.8 Å². The second kappa shape index (κ2) is 9.25. The predicted octanol–water partition coefficient (Wildman–Crippen LogP) is 4.23. The third-order valence-corrected chi connectivity index (χ3v) is 5.60. The molecule has 1 heterocycles. The van der Waals surface area contributed by atoms with Crippen molar-refractivity contribution in [3.05, 3.63) is 35.0 Å². The second-order valence-electron chi connectivity index (χ2n) is 7.45. The van der Waals surface area contributed by atoms with Crippen LogP contribution in [0.1, 0.15) is 57.4 Å². The molecule has 3 rings (SSSR count). The van der Waals surface area contributed by atoms with Crippen LogP contribution in [-0.2, 0) is 14.3 Å². The van der Waals surface area contributed by atoms with Crippen molar-refractivity contribution in [3.63, 3.8) is 0 Å². The van der Waals surface area contributed by atoms with Gasteiger partial charge in [0.05, 0.1) is 20.8 Å². The van der Waals surface area contributed by atoms with Crippen LogP contribution in [0.3, 0.4) is 0 Å². The molecule has 0 fully saturated rings. The van der Waals surface area contributed by atoms with Gasteiger partial charge >= 0.3 is 5.97 Å². The third-order valence-electron chi connectivity index (χ3n) is 5.60. The molecule has 1 aromatic rings. The topological polar surface area (TPSA) is 74.2 Å². The summed E-state index contributed by atoms with van der Waals surface area (Å²) in [5.41, 5.74) is 2.83. The molecule has 1 unspecified atom stereocenters. The number of hydrogen-bond donors (Lipinski definition) is 0. The maximum atomic E-state index is 13.1. The largest absolute Gasteiger partial charge is 0.493 e. The average Bonchev–Trinajstić information content (AvgIpc) is 2.72. The van der Waals surface area contributed by atoms with Crippen LogP contribution < -0.4 is 9.47 Å². The number of ether oxygens (including phenoxy) is 3. The Hall–Kier alpha value is -2.63. The van der Waals surface area contributed by atoms with Gasteiger partial charge in [-0.05, 0) is 32.3 Å². The van der Waals surface area contributed by atoms with E-state index in [9.17, 15) is 9.59 Å². The number of carbonyl (C=O) groups excluding carboxylic acids is 2. The Balaban J connectivity index is 2.14. The molecule has 6 heteroatoms. The van der Waals surface area contributed by atoms with Crippen LogP contribution in [0, 0.1) is 5.92 Å². The highest BCUT2D eigenvalue weighted by molar-refractivity contribution is 6.09. The zero-order valence-electron chi connectivity index (χ0n) is 17.6. The molecule has 0 radical (unpaired) electrons. The van der Waals surface area contributed by atoms with Crippen LogP contribution in [0.25, 0.3) is 0 Å². The van der Waals surface area contributed by atoms with Crippen molar-refractivity contribution in [3.8, 4) is 11.5 Å². The molecule has 1 aliphatic heterocycles. The first-order chi connectivity index (χ1) is 14.0. The number of Topliss-reactive ketones (excluding diaryl/α,β-unsaturated/α-hetero) is 1. The monoisotopic (exact) mass is 399 g/mol. The molecule has 2 atom stereocenters. The van der Waals surface area contributed by atoms with Gasteiger partial charge in [-0.1, -0.05) is 25.5 Å². The summed E-state index contributed by atoms with van der Waals surface area (Å²) in [6, 6.07) is 5.55. The zero-order valence-corrected chi connectivity index (χ0v) is 17.6. The molecule has 0 saturated carbocycles. The molecule has 1 aliphatic carbocycles. The van der Waals surface area contributed by atoms with E-state index in [4.69, 9.17) is 14.2 Å². The number of methoxy groups -OCH3 is 2. The Morgan fingerprint density at radius 2 is 2.00 bits per heavy atom. The Morgan fingerprint density at radius 1 is 1.21 bits per heavy atom. The molecular weight excluding hydrogens is 370 g/mol. The molecule has 2 aliphatic rings. The highest BCUT2D eigenvalue weighted by Crippen LogP contribution is 2.48. The first kappa shape index (κ1) is 21.1. The minimum atomic E-state index is -0.659. The van der Waals surface area contributed by atoms with Crippen molar-refractivity contribution >= 4 is 17.5 Å². The smallest absolute Gasteiger partial charge is 0.315 e. The van der Waals surface area contributed by atoms with E-state index in [1.54, 1.807) is 20.3 Å². The highest BCUT2D eigenvalue weighted by atomic mass is 16.5. The summed E-state index contributed by atoms with van der Waals surface area (Å²) in [5.74, 6) is -0.355. The summed E-state index contributed by atoms with van der Waals surface area (Å²) in [4.78, 5) is 30.7. The first-order valence-electron chi connectivity index (χ1n) is 10.2. The van der Waals surface area contributed by atoms with Crippen molar-refractivity contribution in [2.45, 2.75) is 51.9 Å². The lowest BCUT2D eigenvalue weighted by molar-refractivity contribution is -0.146. The minimum absolute atomic E-state index is 0.0451. The Kier molecular flexibility index (Phi) is 6.72. The van der Waals surface area contributed by atoms with Crippen molar-refractivity contribution in [2.75, 3.05) is 20.8 Å². The van der Waals surface area contributed by atoms with E-state index in [0.717, 1.165) is 36.9 Å². The lowest BCUT2D eigenvalue weighted by Crippen LogP contribution is -2.37. The van der Waals surface area contributed by atoms with Gasteiger partial charge in [-0.25, -0.2) is 0 Å². The molecule has 0 N–H and O–H groups in total. The molecule has 0 saturated heterocycles. The number of allylic oxidation sites excluding steroid dienone is 2. The van der Waals surface area contributed by atoms with Crippen molar-refractivity contribution < 1.29 is 23.8 Å². The summed E-state index contributed by atoms with van der Waals surface area (Å²) in [6.45, 7) is 4.25. The second-order valence-corrected chi connectivity index (χ2v) is 7.45. The summed E-state index contributed by atoms with van der Waals surface area (Å²) >= 11 is 0. The standard InChI is InChI=1S/C23H29NO5/c1-5-6-13-29-23(26)19-14(2)24-16-10-8-11-17(25)21(16)20(19)15-9-7-12-18(27-3)22(15)28-4/h7,9,12,19-20H,5-6,8,10-11,13H2,1-4H3/t19?,20-/m0/s1. The summed E-state index contributed by atoms with van der Waals surface area (Å²) in [6.07, 6.45) is 3.72. The van der Waals surface area contributed by atoms with Gasteiger partial charge in [0, 0.05) is 34.9 Å². The SMILES string of the molecule is CCCCOC(=O)C1C(C)=NC2=C(C(=O)CCC2)[C@H]1c1cccc(OC)c1OC. The maximum absolute atomic E-state index is 13.1. The molecule has 0 spiro atoms. The lowest BCUT2D eigenvalue weighted by Gasteiger charge is -2.35. The van der Waals surface area contributed by atoms with Crippen LogP contribution in [0.15, 0.2) is 34.5 Å². The summed E-state index contributed by atoms with van der Waals surface area (Å²) in [5, 5.41) is 0. The molecule has 0 bridgehead atoms. The first-order valence-corrected chi connectivity index (χ1v) is 10.2. The number of carbonyl (C=O) groups is 2. The highest BCUT2D eigenvalue weighted by Gasteiger charge is 2.44. The normalized spacial score (nSPS) is 21.4. The van der Waals surface area contributed by atoms with Gasteiger partial charge in [-0.2, -0.15) is 0 Å². The van der Waals surface area contributed by atoms with Crippen LogP contribution >= 0.6 is 0 Å². The Labute approximate surface area is 171 Å². The fraction of sp³-hybridized carbons (Fsp3) is 0.522. The zero-order chi connectivity index (χ0) is 21.0. The predicted molar refractivity (Wildman–Crippen MR) is 111 cm³/mol. The number of benzene rings is 1.